The summed E-state index contributed by atoms with van der Waals surface area (Å²) in [5, 5.41) is 11.9. The number of aldehydes is 1. The highest BCUT2D eigenvalue weighted by Crippen LogP contribution is 2.29. The number of aromatic amines is 1. The maximum atomic E-state index is 9.57. The Morgan fingerprint density at radius 2 is 1.56 bits per heavy atom. The summed E-state index contributed by atoms with van der Waals surface area (Å²) in [6, 6.07) is 25.9. The van der Waals surface area contributed by atoms with Gasteiger partial charge >= 0.3 is 0 Å². The molecule has 7 rings (SSSR count). The molecule has 2 heterocycles. The highest BCUT2D eigenvalue weighted by molar-refractivity contribution is 5.92. The number of nitrogens with zero attached hydrogens (tertiary/aromatic N) is 3. The van der Waals surface area contributed by atoms with E-state index in [2.05, 4.69) is 67.8 Å². The molecular weight excluding hydrogens is 510 g/mol. The van der Waals surface area contributed by atoms with E-state index in [1.807, 2.05) is 37.4 Å². The lowest BCUT2D eigenvalue weighted by atomic mass is 10.1. The number of methoxy groups -OCH3 is 1. The van der Waals surface area contributed by atoms with Crippen LogP contribution in [0.5, 0.6) is 5.75 Å². The Labute approximate surface area is 243 Å². The first kappa shape index (κ1) is 28.7. The molecule has 2 aliphatic carbocycles. The molecule has 0 radical (unpaired) electrons. The average molecular weight is 554 g/mol. The van der Waals surface area contributed by atoms with E-state index in [1.165, 1.54) is 55.4 Å². The zero-order valence-electron chi connectivity index (χ0n) is 24.4. The SMILES string of the molecule is CNc1ccc(OC)cc1.O=CC1CC1.c1ccc2c(-c3ccc(N4CCN(C5CCCC5)CC4)cc3)n[nH]c2c1. The summed E-state index contributed by atoms with van der Waals surface area (Å²) in [6.45, 7) is 4.69. The number of hydrogen-bond donors (Lipinski definition) is 2. The largest absolute Gasteiger partial charge is 0.497 e. The summed E-state index contributed by atoms with van der Waals surface area (Å²) >= 11 is 0. The van der Waals surface area contributed by atoms with Gasteiger partial charge in [0, 0.05) is 67.5 Å². The summed E-state index contributed by atoms with van der Waals surface area (Å²) in [7, 11) is 3.55. The number of nitrogens with one attached hydrogen (secondary N) is 2. The molecule has 216 valence electrons. The van der Waals surface area contributed by atoms with Crippen molar-refractivity contribution in [1.82, 2.24) is 15.1 Å². The molecule has 3 fully saturated rings. The van der Waals surface area contributed by atoms with Crippen molar-refractivity contribution in [3.63, 3.8) is 0 Å². The minimum Gasteiger partial charge on any atom is -0.497 e. The van der Waals surface area contributed by atoms with Gasteiger partial charge in [-0.25, -0.2) is 0 Å². The van der Waals surface area contributed by atoms with Crippen LogP contribution in [0.4, 0.5) is 11.4 Å². The Morgan fingerprint density at radius 3 is 2.15 bits per heavy atom. The van der Waals surface area contributed by atoms with Crippen LogP contribution in [0.2, 0.25) is 0 Å². The first-order valence-electron chi connectivity index (χ1n) is 15.0. The number of benzene rings is 3. The molecule has 0 bridgehead atoms. The molecule has 2 N–H and O–H groups in total. The fourth-order valence-corrected chi connectivity index (χ4v) is 5.62. The van der Waals surface area contributed by atoms with Crippen LogP contribution in [-0.2, 0) is 4.79 Å². The first-order chi connectivity index (χ1) is 20.2. The lowest BCUT2D eigenvalue weighted by Crippen LogP contribution is -2.49. The number of carbonyl (C=O) groups excluding carboxylic acids is 1. The van der Waals surface area contributed by atoms with Crippen molar-refractivity contribution in [2.75, 3.05) is 50.6 Å². The third-order valence-corrected chi connectivity index (χ3v) is 8.32. The first-order valence-corrected chi connectivity index (χ1v) is 15.0. The van der Waals surface area contributed by atoms with Gasteiger partial charge in [-0.05, 0) is 68.1 Å². The quantitative estimate of drug-likeness (QED) is 0.261. The van der Waals surface area contributed by atoms with Crippen LogP contribution in [0, 0.1) is 5.92 Å². The van der Waals surface area contributed by atoms with Gasteiger partial charge in [-0.1, -0.05) is 43.2 Å². The molecule has 0 amide bonds. The molecule has 0 spiro atoms. The number of anilines is 2. The van der Waals surface area contributed by atoms with Crippen molar-refractivity contribution in [2.45, 2.75) is 44.6 Å². The normalized spacial score (nSPS) is 17.3. The van der Waals surface area contributed by atoms with Gasteiger partial charge in [0.1, 0.15) is 12.0 Å². The highest BCUT2D eigenvalue weighted by Gasteiger charge is 2.26. The van der Waals surface area contributed by atoms with E-state index in [4.69, 9.17) is 4.74 Å². The lowest BCUT2D eigenvalue weighted by molar-refractivity contribution is -0.108. The molecule has 0 unspecified atom stereocenters. The van der Waals surface area contributed by atoms with Crippen molar-refractivity contribution in [3.8, 4) is 17.0 Å². The second-order valence-corrected chi connectivity index (χ2v) is 11.1. The number of rotatable bonds is 6. The van der Waals surface area contributed by atoms with Crippen LogP contribution in [0.3, 0.4) is 0 Å². The molecule has 3 aliphatic rings. The standard InChI is InChI=1S/C22H26N4.C8H11NO.C4H6O/c1-2-6-18(5-1)25-13-15-26(16-14-25)19-11-9-17(10-12-19)22-20-7-3-4-8-21(20)23-24-22;1-9-7-3-5-8(10-2)6-4-7;5-3-4-1-2-4/h3-4,7-12,18H,1-2,5-6,13-16H2,(H,23,24);3-6,9H,1-2H3;3-4H,1-2H2. The van der Waals surface area contributed by atoms with E-state index in [9.17, 15) is 4.79 Å². The lowest BCUT2D eigenvalue weighted by Gasteiger charge is -2.39. The number of H-pyrrole nitrogens is 1. The fraction of sp³-hybridized carbons (Fsp3) is 0.412. The van der Waals surface area contributed by atoms with Crippen LogP contribution >= 0.6 is 0 Å². The Balaban J connectivity index is 0.000000185. The van der Waals surface area contributed by atoms with E-state index in [1.54, 1.807) is 7.11 Å². The minimum absolute atomic E-state index is 0.454. The fourth-order valence-electron chi connectivity index (χ4n) is 5.62. The summed E-state index contributed by atoms with van der Waals surface area (Å²) in [4.78, 5) is 14.8. The van der Waals surface area contributed by atoms with Crippen molar-refractivity contribution in [2.24, 2.45) is 5.92 Å². The molecule has 2 saturated carbocycles. The molecular formula is C34H43N5O2. The van der Waals surface area contributed by atoms with Crippen LogP contribution in [0.1, 0.15) is 38.5 Å². The third-order valence-electron chi connectivity index (χ3n) is 8.32. The molecule has 1 aromatic heterocycles. The van der Waals surface area contributed by atoms with Crippen LogP contribution in [-0.4, -0.2) is 67.8 Å². The van der Waals surface area contributed by atoms with E-state index in [0.717, 1.165) is 60.9 Å². The van der Waals surface area contributed by atoms with Crippen molar-refractivity contribution in [3.05, 3.63) is 72.8 Å². The van der Waals surface area contributed by atoms with Crippen LogP contribution < -0.4 is 15.0 Å². The Hall–Kier alpha value is -3.84. The van der Waals surface area contributed by atoms with Gasteiger partial charge in [0.2, 0.25) is 0 Å². The van der Waals surface area contributed by atoms with E-state index in [0.29, 0.717) is 5.92 Å². The van der Waals surface area contributed by atoms with Crippen LogP contribution in [0.15, 0.2) is 72.8 Å². The van der Waals surface area contributed by atoms with Gasteiger partial charge in [-0.2, -0.15) is 5.10 Å². The predicted molar refractivity (Wildman–Crippen MR) is 169 cm³/mol. The molecule has 1 aliphatic heterocycles. The molecule has 41 heavy (non-hydrogen) atoms. The summed E-state index contributed by atoms with van der Waals surface area (Å²) in [5.74, 6) is 1.34. The molecule has 4 aromatic rings. The average Bonchev–Trinajstić information content (AvgIpc) is 3.54. The van der Waals surface area contributed by atoms with Crippen molar-refractivity contribution < 1.29 is 9.53 Å². The second-order valence-electron chi connectivity index (χ2n) is 11.1. The van der Waals surface area contributed by atoms with E-state index < -0.39 is 0 Å². The maximum absolute atomic E-state index is 9.57. The van der Waals surface area contributed by atoms with Gasteiger partial charge in [-0.15, -0.1) is 0 Å². The Bertz CT molecular complexity index is 1330. The zero-order valence-corrected chi connectivity index (χ0v) is 24.4. The predicted octanol–water partition coefficient (Wildman–Crippen LogP) is 6.63. The number of carbonyl (C=O) groups is 1. The smallest absolute Gasteiger partial charge is 0.123 e. The second kappa shape index (κ2) is 14.2. The molecule has 7 nitrogen and oxygen atoms in total. The zero-order chi connectivity index (χ0) is 28.4. The Morgan fingerprint density at radius 1 is 0.878 bits per heavy atom. The van der Waals surface area contributed by atoms with E-state index >= 15 is 0 Å². The van der Waals surface area contributed by atoms with Crippen molar-refractivity contribution in [1.29, 1.82) is 0 Å². The van der Waals surface area contributed by atoms with Crippen molar-refractivity contribution >= 4 is 28.6 Å². The number of fused-ring (bicyclic) bond motifs is 1. The highest BCUT2D eigenvalue weighted by atomic mass is 16.5. The monoisotopic (exact) mass is 553 g/mol. The summed E-state index contributed by atoms with van der Waals surface area (Å²) < 4.78 is 4.99. The summed E-state index contributed by atoms with van der Waals surface area (Å²) in [5.41, 5.74) is 5.74. The number of hydrogen-bond acceptors (Lipinski definition) is 6. The topological polar surface area (TPSA) is 73.5 Å². The molecule has 1 saturated heterocycles. The Kier molecular flexibility index (Phi) is 9.91. The van der Waals surface area contributed by atoms with Gasteiger partial charge in [0.05, 0.1) is 18.3 Å². The van der Waals surface area contributed by atoms with Gasteiger partial charge in [-0.3, -0.25) is 10.00 Å². The van der Waals surface area contributed by atoms with Crippen LogP contribution in [0.25, 0.3) is 22.2 Å². The third kappa shape index (κ3) is 7.67. The number of para-hydroxylation sites is 1. The van der Waals surface area contributed by atoms with Gasteiger partial charge in [0.15, 0.2) is 0 Å². The summed E-state index contributed by atoms with van der Waals surface area (Å²) in [6.07, 6.45) is 8.98. The number of ether oxygens (including phenoxy) is 1. The molecule has 7 heteroatoms. The maximum Gasteiger partial charge on any atom is 0.123 e. The number of aromatic nitrogens is 2. The molecule has 0 atom stereocenters. The van der Waals surface area contributed by atoms with E-state index in [-0.39, 0.29) is 0 Å². The molecule has 3 aromatic carbocycles. The number of piperazine rings is 1. The van der Waals surface area contributed by atoms with Gasteiger partial charge < -0.3 is 19.7 Å². The van der Waals surface area contributed by atoms with Gasteiger partial charge in [0.25, 0.3) is 0 Å². The minimum atomic E-state index is 0.454.